The van der Waals surface area contributed by atoms with Gasteiger partial charge in [-0.05, 0) is 18.2 Å². The summed E-state index contributed by atoms with van der Waals surface area (Å²) in [5.41, 5.74) is 1.01. The van der Waals surface area contributed by atoms with Crippen LogP contribution < -0.4 is 10.1 Å². The molecule has 0 aliphatic rings. The number of halogens is 3. The molecule has 0 aliphatic heterocycles. The van der Waals surface area contributed by atoms with E-state index in [4.69, 9.17) is 4.74 Å². The number of anilines is 1. The summed E-state index contributed by atoms with van der Waals surface area (Å²) in [6.07, 6.45) is 1.41. The van der Waals surface area contributed by atoms with E-state index in [2.05, 4.69) is 10.3 Å². The lowest BCUT2D eigenvalue weighted by Crippen LogP contribution is -2.12. The zero-order chi connectivity index (χ0) is 21.0. The molecule has 0 spiro atoms. The Morgan fingerprint density at radius 2 is 1.76 bits per heavy atom. The van der Waals surface area contributed by atoms with Crippen LogP contribution in [0, 0.1) is 17.5 Å². The normalized spacial score (nSPS) is 11.3. The van der Waals surface area contributed by atoms with E-state index in [0.717, 1.165) is 0 Å². The summed E-state index contributed by atoms with van der Waals surface area (Å²) in [6.45, 7) is 1.70. The Hall–Kier alpha value is -3.07. The Balaban J connectivity index is 1.79. The minimum absolute atomic E-state index is 0.00198. The van der Waals surface area contributed by atoms with Crippen LogP contribution in [0.3, 0.4) is 0 Å². The third-order valence-electron chi connectivity index (χ3n) is 4.02. The Morgan fingerprint density at radius 1 is 1.03 bits per heavy atom. The van der Waals surface area contributed by atoms with Crippen molar-refractivity contribution in [2.75, 3.05) is 11.1 Å². The van der Waals surface area contributed by atoms with Gasteiger partial charge in [0, 0.05) is 42.2 Å². The van der Waals surface area contributed by atoms with Crippen molar-refractivity contribution < 1.29 is 26.3 Å². The van der Waals surface area contributed by atoms with Crippen LogP contribution in [0.25, 0.3) is 0 Å². The molecule has 0 saturated carbocycles. The molecule has 0 fully saturated rings. The maximum Gasteiger partial charge on any atom is 0.198 e. The quantitative estimate of drug-likeness (QED) is 0.598. The number of rotatable bonds is 7. The van der Waals surface area contributed by atoms with Crippen molar-refractivity contribution in [3.63, 3.8) is 0 Å². The number of ether oxygens (including phenoxy) is 1. The van der Waals surface area contributed by atoms with Gasteiger partial charge in [-0.25, -0.2) is 26.6 Å². The topological polar surface area (TPSA) is 68.3 Å². The number of aromatic nitrogens is 1. The largest absolute Gasteiger partial charge is 0.451 e. The summed E-state index contributed by atoms with van der Waals surface area (Å²) in [5.74, 6) is -4.04. The highest BCUT2D eigenvalue weighted by Crippen LogP contribution is 2.30. The maximum atomic E-state index is 13.8. The van der Waals surface area contributed by atoms with Crippen molar-refractivity contribution >= 4 is 15.5 Å². The highest BCUT2D eigenvalue weighted by Gasteiger charge is 2.18. The van der Waals surface area contributed by atoms with Crippen molar-refractivity contribution in [3.05, 3.63) is 77.7 Å². The summed E-state index contributed by atoms with van der Waals surface area (Å²) in [5, 5.41) is 3.03. The van der Waals surface area contributed by atoms with Crippen LogP contribution in [0.2, 0.25) is 0 Å². The summed E-state index contributed by atoms with van der Waals surface area (Å²) >= 11 is 0. The van der Waals surface area contributed by atoms with Crippen molar-refractivity contribution in [3.8, 4) is 11.5 Å². The van der Waals surface area contributed by atoms with Crippen molar-refractivity contribution in [1.82, 2.24) is 4.98 Å². The number of nitrogens with one attached hydrogen (secondary N) is 1. The molecule has 3 aromatic rings. The maximum absolute atomic E-state index is 13.8. The van der Waals surface area contributed by atoms with Gasteiger partial charge in [0.1, 0.15) is 11.6 Å². The molecule has 0 bridgehead atoms. The van der Waals surface area contributed by atoms with Crippen LogP contribution in [-0.2, 0) is 16.4 Å². The Morgan fingerprint density at radius 3 is 2.45 bits per heavy atom. The second-order valence-corrected chi connectivity index (χ2v) is 8.25. The molecule has 0 saturated heterocycles. The first-order chi connectivity index (χ1) is 13.8. The molecule has 0 amide bonds. The van der Waals surface area contributed by atoms with Gasteiger partial charge in [-0.3, -0.25) is 0 Å². The van der Waals surface area contributed by atoms with Crippen molar-refractivity contribution in [1.29, 1.82) is 0 Å². The van der Waals surface area contributed by atoms with E-state index < -0.39 is 33.0 Å². The number of hydrogen-bond donors (Lipinski definition) is 1. The molecule has 1 aromatic heterocycles. The molecule has 2 aromatic carbocycles. The molecule has 5 nitrogen and oxygen atoms in total. The van der Waals surface area contributed by atoms with E-state index in [9.17, 15) is 21.6 Å². The van der Waals surface area contributed by atoms with Gasteiger partial charge in [0.2, 0.25) is 0 Å². The van der Waals surface area contributed by atoms with E-state index in [1.165, 1.54) is 25.3 Å². The molecule has 1 heterocycles. The highest BCUT2D eigenvalue weighted by atomic mass is 32.2. The molecule has 0 atom stereocenters. The lowest BCUT2D eigenvalue weighted by Gasteiger charge is -2.12. The fraction of sp³-hybridized carbons (Fsp3) is 0.150. The summed E-state index contributed by atoms with van der Waals surface area (Å²) in [7, 11) is -3.48. The number of benzene rings is 2. The molecule has 3 rings (SSSR count). The third kappa shape index (κ3) is 4.86. The zero-order valence-corrected chi connectivity index (χ0v) is 16.1. The molecule has 0 unspecified atom stereocenters. The van der Waals surface area contributed by atoms with Crippen molar-refractivity contribution in [2.45, 2.75) is 18.5 Å². The van der Waals surface area contributed by atoms with E-state index in [-0.39, 0.29) is 23.1 Å². The van der Waals surface area contributed by atoms with Crippen LogP contribution in [-0.4, -0.2) is 19.2 Å². The average molecular weight is 422 g/mol. The van der Waals surface area contributed by atoms with Crippen LogP contribution in [0.5, 0.6) is 11.5 Å². The Bertz CT molecular complexity index is 1110. The number of hydrogen-bond acceptors (Lipinski definition) is 5. The molecule has 0 aliphatic carbocycles. The molecule has 0 radical (unpaired) electrons. The summed E-state index contributed by atoms with van der Waals surface area (Å²) in [6, 6.07) is 10.5. The third-order valence-corrected chi connectivity index (χ3v) is 5.74. The van der Waals surface area contributed by atoms with Gasteiger partial charge in [-0.15, -0.1) is 0 Å². The first-order valence-electron chi connectivity index (χ1n) is 8.63. The molecule has 9 heteroatoms. The lowest BCUT2D eigenvalue weighted by molar-refractivity contribution is 0.401. The summed E-state index contributed by atoms with van der Waals surface area (Å²) in [4.78, 5) is 3.97. The van der Waals surface area contributed by atoms with Gasteiger partial charge in [0.25, 0.3) is 0 Å². The number of nitrogens with zero attached hydrogens (tertiary/aromatic N) is 1. The molecule has 1 N–H and O–H groups in total. The van der Waals surface area contributed by atoms with Gasteiger partial charge in [-0.2, -0.15) is 0 Å². The van der Waals surface area contributed by atoms with Crippen LogP contribution in [0.1, 0.15) is 12.5 Å². The van der Waals surface area contributed by atoms with Crippen molar-refractivity contribution in [2.24, 2.45) is 0 Å². The SMILES string of the molecule is CCS(=O)(=O)c1ncccc1CNc1cccc(Oc2c(F)cc(F)cc2F)c1. The smallest absolute Gasteiger partial charge is 0.198 e. The molecule has 29 heavy (non-hydrogen) atoms. The van der Waals surface area contributed by atoms with Crippen LogP contribution >= 0.6 is 0 Å². The fourth-order valence-electron chi connectivity index (χ4n) is 2.59. The fourth-order valence-corrected chi connectivity index (χ4v) is 3.62. The first kappa shape index (κ1) is 20.7. The van der Waals surface area contributed by atoms with E-state index in [1.54, 1.807) is 24.3 Å². The number of pyridine rings is 1. The Kier molecular flexibility index (Phi) is 6.07. The standard InChI is InChI=1S/C20H17F3N2O3S/c1-2-29(26,27)20-13(5-4-8-24-20)12-25-15-6-3-7-16(11-15)28-19-17(22)9-14(21)10-18(19)23/h3-11,25H,2,12H2,1H3. The highest BCUT2D eigenvalue weighted by molar-refractivity contribution is 7.91. The van der Waals surface area contributed by atoms with Gasteiger partial charge in [-0.1, -0.05) is 19.1 Å². The van der Waals surface area contributed by atoms with E-state index in [0.29, 0.717) is 23.4 Å². The van der Waals surface area contributed by atoms with Gasteiger partial charge in [0.15, 0.2) is 32.2 Å². The minimum atomic E-state index is -3.48. The first-order valence-corrected chi connectivity index (χ1v) is 10.3. The van der Waals surface area contributed by atoms with Crippen LogP contribution in [0.15, 0.2) is 59.8 Å². The summed E-state index contributed by atoms with van der Waals surface area (Å²) < 4.78 is 70.1. The lowest BCUT2D eigenvalue weighted by atomic mass is 10.2. The van der Waals surface area contributed by atoms with E-state index >= 15 is 0 Å². The molecular weight excluding hydrogens is 405 g/mol. The number of sulfone groups is 1. The second kappa shape index (κ2) is 8.52. The van der Waals surface area contributed by atoms with Gasteiger partial charge >= 0.3 is 0 Å². The molecule has 152 valence electrons. The predicted molar refractivity (Wildman–Crippen MR) is 102 cm³/mol. The van der Waals surface area contributed by atoms with Crippen LogP contribution in [0.4, 0.5) is 18.9 Å². The second-order valence-electron chi connectivity index (χ2n) is 6.05. The average Bonchev–Trinajstić information content (AvgIpc) is 2.69. The van der Waals surface area contributed by atoms with E-state index in [1.807, 2.05) is 0 Å². The zero-order valence-electron chi connectivity index (χ0n) is 15.3. The van der Waals surface area contributed by atoms with Gasteiger partial charge < -0.3 is 10.1 Å². The predicted octanol–water partition coefficient (Wildman–Crippen LogP) is 4.70. The van der Waals surface area contributed by atoms with Gasteiger partial charge in [0.05, 0.1) is 5.75 Å². The minimum Gasteiger partial charge on any atom is -0.451 e. The monoisotopic (exact) mass is 422 g/mol. The molecular formula is C20H17F3N2O3S. The Labute approximate surface area is 166 Å².